The summed E-state index contributed by atoms with van der Waals surface area (Å²) in [6.07, 6.45) is 0. The van der Waals surface area contributed by atoms with E-state index in [4.69, 9.17) is 5.11 Å². The Morgan fingerprint density at radius 2 is 2.25 bits per heavy atom. The maximum absolute atomic E-state index is 13.1. The quantitative estimate of drug-likeness (QED) is 0.896. The highest BCUT2D eigenvalue weighted by Gasteiger charge is 2.11. The van der Waals surface area contributed by atoms with Crippen LogP contribution in [0.4, 0.5) is 10.1 Å². The Bertz CT molecular complexity index is 409. The van der Waals surface area contributed by atoms with Crippen molar-refractivity contribution < 1.29 is 14.3 Å². The summed E-state index contributed by atoms with van der Waals surface area (Å²) in [6.45, 7) is 3.70. The number of anilines is 1. The lowest BCUT2D eigenvalue weighted by Gasteiger charge is -2.12. The molecule has 0 bridgehead atoms. The van der Waals surface area contributed by atoms with Gasteiger partial charge in [-0.1, -0.05) is 6.92 Å². The van der Waals surface area contributed by atoms with Gasteiger partial charge in [-0.25, -0.2) is 4.39 Å². The first-order valence-electron chi connectivity index (χ1n) is 4.84. The first-order valence-corrected chi connectivity index (χ1v) is 5.63. The Balaban J connectivity index is 2.74. The van der Waals surface area contributed by atoms with Crippen LogP contribution in [0.3, 0.4) is 0 Å². The van der Waals surface area contributed by atoms with E-state index >= 15 is 0 Å². The molecule has 0 aliphatic heterocycles. The van der Waals surface area contributed by atoms with Crippen LogP contribution in [0.15, 0.2) is 16.6 Å². The number of carboxylic acids is 1. The molecule has 0 amide bonds. The fraction of sp³-hybridized carbons (Fsp3) is 0.364. The SMILES string of the molecule is Cc1cc(F)c(Br)cc1NCC(C)C(=O)O. The van der Waals surface area contributed by atoms with Crippen LogP contribution in [-0.2, 0) is 4.79 Å². The van der Waals surface area contributed by atoms with Gasteiger partial charge in [0, 0.05) is 12.2 Å². The van der Waals surface area contributed by atoms with Crippen molar-refractivity contribution in [3.05, 3.63) is 28.0 Å². The fourth-order valence-corrected chi connectivity index (χ4v) is 1.53. The normalized spacial score (nSPS) is 12.2. The first-order chi connectivity index (χ1) is 7.41. The van der Waals surface area contributed by atoms with E-state index < -0.39 is 11.9 Å². The summed E-state index contributed by atoms with van der Waals surface area (Å²) in [5.41, 5.74) is 1.49. The molecule has 0 radical (unpaired) electrons. The molecular formula is C11H13BrFNO2. The average Bonchev–Trinajstić information content (AvgIpc) is 2.20. The Morgan fingerprint density at radius 1 is 1.62 bits per heavy atom. The molecule has 16 heavy (non-hydrogen) atoms. The van der Waals surface area contributed by atoms with E-state index in [-0.39, 0.29) is 5.82 Å². The predicted octanol–water partition coefficient (Wildman–Crippen LogP) is 3.03. The second-order valence-corrected chi connectivity index (χ2v) is 4.56. The standard InChI is InChI=1S/C11H13BrFNO2/c1-6-3-9(13)8(12)4-10(6)14-5-7(2)11(15)16/h3-4,7,14H,5H2,1-2H3,(H,15,16). The zero-order valence-corrected chi connectivity index (χ0v) is 10.6. The van der Waals surface area contributed by atoms with Gasteiger partial charge in [-0.05, 0) is 40.5 Å². The molecule has 1 rings (SSSR count). The van der Waals surface area contributed by atoms with Gasteiger partial charge in [-0.15, -0.1) is 0 Å². The molecule has 0 aliphatic carbocycles. The maximum Gasteiger partial charge on any atom is 0.308 e. The second kappa shape index (κ2) is 5.30. The van der Waals surface area contributed by atoms with Gasteiger partial charge >= 0.3 is 5.97 Å². The van der Waals surface area contributed by atoms with Crippen molar-refractivity contribution in [2.45, 2.75) is 13.8 Å². The summed E-state index contributed by atoms with van der Waals surface area (Å²) in [6, 6.07) is 3.01. The highest BCUT2D eigenvalue weighted by atomic mass is 79.9. The summed E-state index contributed by atoms with van der Waals surface area (Å²) in [7, 11) is 0. The van der Waals surface area contributed by atoms with Gasteiger partial charge in [-0.2, -0.15) is 0 Å². The van der Waals surface area contributed by atoms with Crippen molar-refractivity contribution >= 4 is 27.6 Å². The molecule has 0 fully saturated rings. The summed E-state index contributed by atoms with van der Waals surface area (Å²) in [5.74, 6) is -1.66. The lowest BCUT2D eigenvalue weighted by atomic mass is 10.1. The van der Waals surface area contributed by atoms with Crippen molar-refractivity contribution in [1.82, 2.24) is 0 Å². The maximum atomic E-state index is 13.1. The number of carbonyl (C=O) groups is 1. The van der Waals surface area contributed by atoms with Crippen LogP contribution in [0.1, 0.15) is 12.5 Å². The van der Waals surface area contributed by atoms with Crippen molar-refractivity contribution in [2.75, 3.05) is 11.9 Å². The number of aliphatic carboxylic acids is 1. The number of carboxylic acid groups (broad SMARTS) is 1. The smallest absolute Gasteiger partial charge is 0.308 e. The van der Waals surface area contributed by atoms with Crippen LogP contribution in [0.5, 0.6) is 0 Å². The molecule has 0 heterocycles. The Kier molecular flexibility index (Phi) is 4.29. The molecule has 88 valence electrons. The molecule has 1 unspecified atom stereocenters. The second-order valence-electron chi connectivity index (χ2n) is 3.70. The lowest BCUT2D eigenvalue weighted by Crippen LogP contribution is -2.20. The van der Waals surface area contributed by atoms with Crippen LogP contribution in [-0.4, -0.2) is 17.6 Å². The van der Waals surface area contributed by atoms with Crippen molar-refractivity contribution in [2.24, 2.45) is 5.92 Å². The zero-order chi connectivity index (χ0) is 12.3. The molecule has 1 aromatic carbocycles. The number of nitrogens with one attached hydrogen (secondary N) is 1. The van der Waals surface area contributed by atoms with Crippen LogP contribution in [0.25, 0.3) is 0 Å². The molecule has 1 atom stereocenters. The zero-order valence-electron chi connectivity index (χ0n) is 9.05. The minimum atomic E-state index is -0.855. The Morgan fingerprint density at radius 3 is 2.81 bits per heavy atom. The number of hydrogen-bond donors (Lipinski definition) is 2. The van der Waals surface area contributed by atoms with Gasteiger partial charge in [0.25, 0.3) is 0 Å². The lowest BCUT2D eigenvalue weighted by molar-refractivity contribution is -0.140. The molecule has 5 heteroatoms. The van der Waals surface area contributed by atoms with E-state index in [1.807, 2.05) is 0 Å². The monoisotopic (exact) mass is 289 g/mol. The number of benzene rings is 1. The number of aryl methyl sites for hydroxylation is 1. The van der Waals surface area contributed by atoms with Crippen molar-refractivity contribution in [3.8, 4) is 0 Å². The van der Waals surface area contributed by atoms with Crippen LogP contribution in [0.2, 0.25) is 0 Å². The molecule has 1 aromatic rings. The van der Waals surface area contributed by atoms with E-state index in [2.05, 4.69) is 21.2 Å². The summed E-state index contributed by atoms with van der Waals surface area (Å²) in [4.78, 5) is 10.6. The molecule has 0 saturated carbocycles. The number of rotatable bonds is 4. The minimum absolute atomic E-state index is 0.314. The topological polar surface area (TPSA) is 49.3 Å². The number of hydrogen-bond acceptors (Lipinski definition) is 2. The van der Waals surface area contributed by atoms with Crippen LogP contribution < -0.4 is 5.32 Å². The van der Waals surface area contributed by atoms with E-state index in [0.717, 1.165) is 11.3 Å². The molecule has 0 aliphatic rings. The van der Waals surface area contributed by atoms with Gasteiger partial charge in [0.2, 0.25) is 0 Å². The molecule has 0 spiro atoms. The van der Waals surface area contributed by atoms with Crippen molar-refractivity contribution in [1.29, 1.82) is 0 Å². The minimum Gasteiger partial charge on any atom is -0.481 e. The van der Waals surface area contributed by atoms with Gasteiger partial charge < -0.3 is 10.4 Å². The summed E-state index contributed by atoms with van der Waals surface area (Å²) >= 11 is 3.08. The Labute approximate surface area is 102 Å². The molecule has 0 aromatic heterocycles. The van der Waals surface area contributed by atoms with E-state index in [0.29, 0.717) is 11.0 Å². The molecule has 3 nitrogen and oxygen atoms in total. The largest absolute Gasteiger partial charge is 0.481 e. The van der Waals surface area contributed by atoms with Crippen molar-refractivity contribution in [3.63, 3.8) is 0 Å². The first kappa shape index (κ1) is 13.0. The van der Waals surface area contributed by atoms with Gasteiger partial charge in [0.15, 0.2) is 0 Å². The molecule has 2 N–H and O–H groups in total. The third-order valence-corrected chi connectivity index (χ3v) is 2.90. The summed E-state index contributed by atoms with van der Waals surface area (Å²) < 4.78 is 13.5. The third-order valence-electron chi connectivity index (χ3n) is 2.29. The highest BCUT2D eigenvalue weighted by molar-refractivity contribution is 9.10. The van der Waals surface area contributed by atoms with E-state index in [1.165, 1.54) is 6.07 Å². The highest BCUT2D eigenvalue weighted by Crippen LogP contribution is 2.24. The van der Waals surface area contributed by atoms with E-state index in [9.17, 15) is 9.18 Å². The van der Waals surface area contributed by atoms with Crippen LogP contribution >= 0.6 is 15.9 Å². The Hall–Kier alpha value is -1.10. The van der Waals surface area contributed by atoms with E-state index in [1.54, 1.807) is 19.9 Å². The van der Waals surface area contributed by atoms with Gasteiger partial charge in [0.05, 0.1) is 10.4 Å². The fourth-order valence-electron chi connectivity index (χ4n) is 1.19. The average molecular weight is 290 g/mol. The number of halogens is 2. The molecular weight excluding hydrogens is 277 g/mol. The predicted molar refractivity (Wildman–Crippen MR) is 64.1 cm³/mol. The van der Waals surface area contributed by atoms with Gasteiger partial charge in [0.1, 0.15) is 5.82 Å². The third kappa shape index (κ3) is 3.20. The summed E-state index contributed by atoms with van der Waals surface area (Å²) in [5, 5.41) is 11.7. The van der Waals surface area contributed by atoms with Crippen LogP contribution in [0, 0.1) is 18.7 Å². The van der Waals surface area contributed by atoms with Gasteiger partial charge in [-0.3, -0.25) is 4.79 Å². The molecule has 0 saturated heterocycles.